The van der Waals surface area contributed by atoms with E-state index in [0.29, 0.717) is 11.4 Å². The molecule has 0 atom stereocenters. The Kier molecular flexibility index (Phi) is 12.5. The molecule has 0 aliphatic rings. The Morgan fingerprint density at radius 3 is 1.54 bits per heavy atom. The van der Waals surface area contributed by atoms with E-state index in [2.05, 4.69) is 188 Å². The Morgan fingerprint density at radius 1 is 0.540 bits per heavy atom. The molecule has 4 nitrogen and oxygen atoms in total. The third-order valence-electron chi connectivity index (χ3n) is 12.1. The largest absolute Gasteiger partial charge is 0.507 e. The summed E-state index contributed by atoms with van der Waals surface area (Å²) in [5.74, 6) is -0.165. The Hall–Kier alpha value is -4.86. The van der Waals surface area contributed by atoms with Crippen LogP contribution in [0.5, 0.6) is 5.75 Å². The summed E-state index contributed by atoms with van der Waals surface area (Å²) in [5.41, 5.74) is 15.1. The Morgan fingerprint density at radius 2 is 1.03 bits per heavy atom. The van der Waals surface area contributed by atoms with E-state index >= 15 is 0 Å². The third-order valence-corrected chi connectivity index (χ3v) is 12.1. The maximum atomic E-state index is 14.8. The second-order valence-corrected chi connectivity index (χ2v) is 22.6. The molecule has 7 rings (SSSR count). The fourth-order valence-corrected chi connectivity index (χ4v) is 7.92. The smallest absolute Gasteiger partial charge is 0.148 e. The van der Waals surface area contributed by atoms with Crippen molar-refractivity contribution >= 4 is 11.0 Å². The number of phenolic OH excluding ortho intramolecular Hbond substituents is 1. The summed E-state index contributed by atoms with van der Waals surface area (Å²) >= 11 is 0. The van der Waals surface area contributed by atoms with E-state index in [1.165, 1.54) is 34.4 Å². The van der Waals surface area contributed by atoms with Crippen molar-refractivity contribution in [1.82, 2.24) is 14.5 Å². The molecular formula is C57H65FN3OPt-. The van der Waals surface area contributed by atoms with Crippen LogP contribution in [0.4, 0.5) is 4.39 Å². The van der Waals surface area contributed by atoms with Crippen molar-refractivity contribution in [1.29, 1.82) is 0 Å². The molecule has 7 aromatic rings. The molecule has 0 radical (unpaired) electrons. The van der Waals surface area contributed by atoms with Gasteiger partial charge in [-0.15, -0.1) is 29.3 Å². The number of imidazole rings is 1. The molecule has 0 aliphatic heterocycles. The second kappa shape index (κ2) is 16.6. The third kappa shape index (κ3) is 9.95. The number of pyridine rings is 1. The van der Waals surface area contributed by atoms with Gasteiger partial charge in [-0.3, -0.25) is 9.55 Å². The van der Waals surface area contributed by atoms with Crippen LogP contribution in [0.15, 0.2) is 97.2 Å². The summed E-state index contributed by atoms with van der Waals surface area (Å²) in [6.07, 6.45) is 1.86. The molecule has 0 saturated heterocycles. The van der Waals surface area contributed by atoms with Crippen LogP contribution in [0.1, 0.15) is 137 Å². The Labute approximate surface area is 390 Å². The SMILES string of the molecule is Cc1ccnc(-c2[c-]c(-c3cc(-c4cc(C(C)(C)C)cc(C(C)(C)C)c4)cc4c3nc(-c3ccc(F)cc3O)n4-c3cc(C(C)(C)C)cc(C(C)(C)C)c3)cc(C(C)(C)C)c2)c1.[Pt]. The van der Waals surface area contributed by atoms with Crippen LogP contribution >= 0.6 is 0 Å². The van der Waals surface area contributed by atoms with Crippen molar-refractivity contribution in [2.45, 2.75) is 138 Å². The van der Waals surface area contributed by atoms with Gasteiger partial charge in [0.25, 0.3) is 0 Å². The first-order chi connectivity index (χ1) is 28.6. The van der Waals surface area contributed by atoms with Gasteiger partial charge in [-0.05, 0) is 104 Å². The predicted molar refractivity (Wildman–Crippen MR) is 259 cm³/mol. The zero-order valence-corrected chi connectivity index (χ0v) is 42.5. The van der Waals surface area contributed by atoms with Crippen LogP contribution < -0.4 is 0 Å². The summed E-state index contributed by atoms with van der Waals surface area (Å²) < 4.78 is 16.9. The van der Waals surface area contributed by atoms with E-state index in [4.69, 9.17) is 9.97 Å². The molecule has 5 aromatic carbocycles. The van der Waals surface area contributed by atoms with Gasteiger partial charge in [-0.1, -0.05) is 157 Å². The minimum Gasteiger partial charge on any atom is -0.507 e. The molecule has 0 saturated carbocycles. The number of nitrogens with zero attached hydrogens (tertiary/aromatic N) is 3. The summed E-state index contributed by atoms with van der Waals surface area (Å²) in [6, 6.07) is 35.0. The molecule has 1 N–H and O–H groups in total. The number of hydrogen-bond acceptors (Lipinski definition) is 3. The van der Waals surface area contributed by atoms with Crippen LogP contribution in [-0.2, 0) is 48.1 Å². The molecule has 63 heavy (non-hydrogen) atoms. The van der Waals surface area contributed by atoms with Gasteiger partial charge in [0.1, 0.15) is 17.4 Å². The van der Waals surface area contributed by atoms with Crippen molar-refractivity contribution in [3.05, 3.63) is 142 Å². The number of aromatic hydroxyl groups is 1. The van der Waals surface area contributed by atoms with E-state index in [1.54, 1.807) is 6.07 Å². The number of phenols is 1. The summed E-state index contributed by atoms with van der Waals surface area (Å²) in [5, 5.41) is 11.5. The van der Waals surface area contributed by atoms with E-state index in [-0.39, 0.29) is 53.9 Å². The van der Waals surface area contributed by atoms with Gasteiger partial charge in [-0.25, -0.2) is 9.37 Å². The average molecular weight is 1020 g/mol. The fourth-order valence-electron chi connectivity index (χ4n) is 7.92. The van der Waals surface area contributed by atoms with Gasteiger partial charge < -0.3 is 5.11 Å². The van der Waals surface area contributed by atoms with Gasteiger partial charge in [0, 0.05) is 44.7 Å². The van der Waals surface area contributed by atoms with Gasteiger partial charge in [-0.2, -0.15) is 0 Å². The first-order valence-electron chi connectivity index (χ1n) is 22.0. The van der Waals surface area contributed by atoms with Gasteiger partial charge in [0.05, 0.1) is 16.6 Å². The second-order valence-electron chi connectivity index (χ2n) is 22.6. The molecule has 0 spiro atoms. The number of hydrogen-bond donors (Lipinski definition) is 1. The number of aromatic nitrogens is 3. The van der Waals surface area contributed by atoms with Crippen LogP contribution in [0, 0.1) is 18.8 Å². The monoisotopic (exact) mass is 1020 g/mol. The molecular weight excluding hydrogens is 957 g/mol. The fraction of sp³-hybridized carbons (Fsp3) is 0.368. The van der Waals surface area contributed by atoms with Crippen molar-refractivity contribution in [3.8, 4) is 56.3 Å². The molecule has 0 amide bonds. The van der Waals surface area contributed by atoms with Crippen molar-refractivity contribution in [2.75, 3.05) is 0 Å². The molecule has 332 valence electrons. The molecule has 0 unspecified atom stereocenters. The molecule has 2 heterocycles. The summed E-state index contributed by atoms with van der Waals surface area (Å²) in [7, 11) is 0. The maximum Gasteiger partial charge on any atom is 0.148 e. The van der Waals surface area contributed by atoms with E-state index in [1.807, 2.05) is 12.3 Å². The zero-order chi connectivity index (χ0) is 45.5. The van der Waals surface area contributed by atoms with Gasteiger partial charge in [0.2, 0.25) is 0 Å². The number of aryl methyl sites for hydroxylation is 1. The Bertz CT molecular complexity index is 2780. The van der Waals surface area contributed by atoms with Crippen molar-refractivity contribution in [2.24, 2.45) is 0 Å². The average Bonchev–Trinajstić information content (AvgIpc) is 3.54. The van der Waals surface area contributed by atoms with Crippen LogP contribution in [0.3, 0.4) is 0 Å². The topological polar surface area (TPSA) is 50.9 Å². The van der Waals surface area contributed by atoms with Crippen molar-refractivity contribution < 1.29 is 30.6 Å². The number of rotatable bonds is 5. The number of halogens is 1. The van der Waals surface area contributed by atoms with Crippen LogP contribution in [0.25, 0.3) is 61.6 Å². The minimum absolute atomic E-state index is 0. The van der Waals surface area contributed by atoms with Crippen LogP contribution in [0.2, 0.25) is 0 Å². The zero-order valence-electron chi connectivity index (χ0n) is 40.2. The number of benzene rings is 5. The molecule has 2 aromatic heterocycles. The predicted octanol–water partition coefficient (Wildman–Crippen LogP) is 15.5. The normalized spacial score (nSPS) is 12.8. The summed E-state index contributed by atoms with van der Waals surface area (Å²) in [4.78, 5) is 10.3. The van der Waals surface area contributed by atoms with Gasteiger partial charge in [0.15, 0.2) is 0 Å². The van der Waals surface area contributed by atoms with E-state index in [9.17, 15) is 9.50 Å². The molecule has 0 bridgehead atoms. The first-order valence-corrected chi connectivity index (χ1v) is 22.0. The van der Waals surface area contributed by atoms with Gasteiger partial charge >= 0.3 is 0 Å². The Balaban J connectivity index is 0.00000661. The number of fused-ring (bicyclic) bond motifs is 1. The first kappa shape index (κ1) is 47.6. The molecule has 0 aliphatic carbocycles. The van der Waals surface area contributed by atoms with Crippen molar-refractivity contribution in [3.63, 3.8) is 0 Å². The molecule has 0 fully saturated rings. The maximum absolute atomic E-state index is 14.8. The quantitative estimate of drug-likeness (QED) is 0.175. The standard InChI is InChI=1S/C57H65FN3O.Pt/c1-34-19-20-59-48(21-34)38-22-37(25-39(26-38)53(2,3)4)47-27-36(35-23-40(54(5,6)7)29-41(24-35)55(8,9)10)28-49-51(47)60-52(46-18-17-44(58)33-50(46)62)61(49)45-31-42(56(11,12)13)30-43(32-45)57(14,15)16;/h17-21,23-33,62H,1-16H3;/q-1;. The summed E-state index contributed by atoms with van der Waals surface area (Å²) in [6.45, 7) is 35.8. The van der Waals surface area contributed by atoms with E-state index < -0.39 is 5.82 Å². The molecule has 6 heteroatoms. The van der Waals surface area contributed by atoms with Crippen LogP contribution in [-0.4, -0.2) is 19.6 Å². The minimum atomic E-state index is -0.513. The van der Waals surface area contributed by atoms with E-state index in [0.717, 1.165) is 61.4 Å².